The molecule has 0 saturated carbocycles. The summed E-state index contributed by atoms with van der Waals surface area (Å²) in [5.41, 5.74) is 1.34. The average Bonchev–Trinajstić information content (AvgIpc) is 2.52. The third-order valence-electron chi connectivity index (χ3n) is 3.78. The van der Waals surface area contributed by atoms with Gasteiger partial charge < -0.3 is 9.84 Å². The molecule has 0 aromatic heterocycles. The summed E-state index contributed by atoms with van der Waals surface area (Å²) in [7, 11) is 0. The summed E-state index contributed by atoms with van der Waals surface area (Å²) >= 11 is 0. The van der Waals surface area contributed by atoms with Gasteiger partial charge in [-0.05, 0) is 43.0 Å². The third kappa shape index (κ3) is 6.43. The highest BCUT2D eigenvalue weighted by atomic mass is 16.5. The molecular weight excluding hydrogens is 292 g/mol. The monoisotopic (exact) mass is 320 g/mol. The van der Waals surface area contributed by atoms with Crippen molar-refractivity contribution in [2.45, 2.75) is 71.8 Å². The van der Waals surface area contributed by atoms with Crippen LogP contribution in [0.4, 0.5) is 0 Å². The van der Waals surface area contributed by atoms with Crippen LogP contribution >= 0.6 is 0 Å². The summed E-state index contributed by atoms with van der Waals surface area (Å²) in [6.07, 6.45) is 6.29. The van der Waals surface area contributed by atoms with Gasteiger partial charge in [-0.3, -0.25) is 0 Å². The van der Waals surface area contributed by atoms with Gasteiger partial charge in [-0.1, -0.05) is 46.5 Å². The van der Waals surface area contributed by atoms with E-state index in [2.05, 4.69) is 13.8 Å². The van der Waals surface area contributed by atoms with Gasteiger partial charge in [-0.2, -0.15) is 0 Å². The van der Waals surface area contributed by atoms with Crippen LogP contribution in [0.3, 0.4) is 0 Å². The predicted molar refractivity (Wildman–Crippen MR) is 91.0 cm³/mol. The van der Waals surface area contributed by atoms with E-state index in [0.29, 0.717) is 5.56 Å². The van der Waals surface area contributed by atoms with E-state index in [1.165, 1.54) is 6.07 Å². The predicted octanol–water partition coefficient (Wildman–Crippen LogP) is 4.85. The van der Waals surface area contributed by atoms with Crippen molar-refractivity contribution in [3.8, 4) is 0 Å². The molecule has 0 spiro atoms. The second-order valence-electron chi connectivity index (χ2n) is 5.93. The minimum atomic E-state index is -1.02. The van der Waals surface area contributed by atoms with Crippen LogP contribution in [0.25, 0.3) is 0 Å². The Morgan fingerprint density at radius 3 is 2.26 bits per heavy atom. The minimum Gasteiger partial charge on any atom is -0.478 e. The number of carbonyl (C=O) groups is 2. The quantitative estimate of drug-likeness (QED) is 0.626. The normalized spacial score (nSPS) is 12.0. The Labute approximate surface area is 138 Å². The summed E-state index contributed by atoms with van der Waals surface area (Å²) in [4.78, 5) is 23.7. The van der Waals surface area contributed by atoms with Crippen molar-refractivity contribution in [2.24, 2.45) is 0 Å². The number of ether oxygens (including phenoxy) is 1. The molecule has 0 aliphatic rings. The van der Waals surface area contributed by atoms with Gasteiger partial charge >= 0.3 is 11.9 Å². The lowest BCUT2D eigenvalue weighted by molar-refractivity contribution is 0.0254. The van der Waals surface area contributed by atoms with Crippen molar-refractivity contribution < 1.29 is 19.4 Å². The highest BCUT2D eigenvalue weighted by Gasteiger charge is 2.17. The number of aromatic carboxylic acids is 1. The fourth-order valence-corrected chi connectivity index (χ4v) is 2.60. The van der Waals surface area contributed by atoms with Gasteiger partial charge in [0.2, 0.25) is 0 Å². The van der Waals surface area contributed by atoms with Crippen LogP contribution in [0.15, 0.2) is 18.2 Å². The van der Waals surface area contributed by atoms with Crippen molar-refractivity contribution in [3.63, 3.8) is 0 Å². The molecule has 0 fully saturated rings. The lowest BCUT2D eigenvalue weighted by Crippen LogP contribution is -2.19. The summed E-state index contributed by atoms with van der Waals surface area (Å²) in [5.74, 6) is -1.44. The molecule has 1 unspecified atom stereocenters. The molecule has 0 bridgehead atoms. The van der Waals surface area contributed by atoms with Crippen LogP contribution in [-0.4, -0.2) is 23.1 Å². The minimum absolute atomic E-state index is 0.0874. The zero-order valence-corrected chi connectivity index (χ0v) is 14.4. The number of carboxylic acid groups (broad SMARTS) is 1. The van der Waals surface area contributed by atoms with Gasteiger partial charge in [0.1, 0.15) is 6.10 Å². The first kappa shape index (κ1) is 19.2. The average molecular weight is 320 g/mol. The Bertz CT molecular complexity index is 522. The standard InChI is InChI=1S/C19H28O4/c1-4-7-10-17(9-6-3)23-19(22)16-12-14(8-5-2)11-15(13-16)18(20)21/h11-13,17H,4-10H2,1-3H3,(H,20,21). The number of aryl methyl sites for hydroxylation is 1. The number of esters is 1. The van der Waals surface area contributed by atoms with Crippen molar-refractivity contribution >= 4 is 11.9 Å². The van der Waals surface area contributed by atoms with E-state index in [1.807, 2.05) is 6.92 Å². The molecule has 0 aliphatic carbocycles. The van der Waals surface area contributed by atoms with Crippen LogP contribution < -0.4 is 0 Å². The summed E-state index contributed by atoms with van der Waals surface area (Å²) < 4.78 is 5.62. The van der Waals surface area contributed by atoms with Gasteiger partial charge in [-0.15, -0.1) is 0 Å². The van der Waals surface area contributed by atoms with Gasteiger partial charge in [0, 0.05) is 0 Å². The van der Waals surface area contributed by atoms with Gasteiger partial charge in [-0.25, -0.2) is 9.59 Å². The van der Waals surface area contributed by atoms with Gasteiger partial charge in [0.25, 0.3) is 0 Å². The number of hydrogen-bond donors (Lipinski definition) is 1. The van der Waals surface area contributed by atoms with Crippen LogP contribution in [0, 0.1) is 0 Å². The second kappa shape index (κ2) is 10.0. The van der Waals surface area contributed by atoms with Gasteiger partial charge in [0.15, 0.2) is 0 Å². The smallest absolute Gasteiger partial charge is 0.338 e. The van der Waals surface area contributed by atoms with Crippen LogP contribution in [0.2, 0.25) is 0 Å². The SMILES string of the molecule is CCCCC(CCC)OC(=O)c1cc(CCC)cc(C(=O)O)c1. The molecule has 4 heteroatoms. The Kier molecular flexibility index (Phi) is 8.38. The summed E-state index contributed by atoms with van der Waals surface area (Å²) in [6.45, 7) is 6.20. The molecule has 0 heterocycles. The molecule has 4 nitrogen and oxygen atoms in total. The van der Waals surface area contributed by atoms with E-state index >= 15 is 0 Å². The molecule has 0 aliphatic heterocycles. The maximum Gasteiger partial charge on any atom is 0.338 e. The maximum atomic E-state index is 12.4. The molecule has 0 saturated heterocycles. The van der Waals surface area contributed by atoms with E-state index in [9.17, 15) is 14.7 Å². The topological polar surface area (TPSA) is 63.6 Å². The lowest BCUT2D eigenvalue weighted by Gasteiger charge is -2.17. The molecular formula is C19H28O4. The number of hydrogen-bond acceptors (Lipinski definition) is 3. The van der Waals surface area contributed by atoms with Crippen LogP contribution in [0.1, 0.15) is 85.6 Å². The van der Waals surface area contributed by atoms with Crippen molar-refractivity contribution in [3.05, 3.63) is 34.9 Å². The number of benzene rings is 1. The molecule has 1 atom stereocenters. The Morgan fingerprint density at radius 2 is 1.70 bits per heavy atom. The Morgan fingerprint density at radius 1 is 1.00 bits per heavy atom. The zero-order chi connectivity index (χ0) is 17.2. The van der Waals surface area contributed by atoms with E-state index in [1.54, 1.807) is 12.1 Å². The second-order valence-corrected chi connectivity index (χ2v) is 5.93. The number of unbranched alkanes of at least 4 members (excludes halogenated alkanes) is 1. The largest absolute Gasteiger partial charge is 0.478 e. The molecule has 0 radical (unpaired) electrons. The highest BCUT2D eigenvalue weighted by molar-refractivity contribution is 5.95. The van der Waals surface area contributed by atoms with E-state index in [4.69, 9.17) is 4.74 Å². The van der Waals surface area contributed by atoms with E-state index in [-0.39, 0.29) is 11.7 Å². The fourth-order valence-electron chi connectivity index (χ4n) is 2.60. The van der Waals surface area contributed by atoms with Crippen molar-refractivity contribution in [1.29, 1.82) is 0 Å². The molecule has 23 heavy (non-hydrogen) atoms. The van der Waals surface area contributed by atoms with E-state index in [0.717, 1.165) is 50.5 Å². The first-order valence-corrected chi connectivity index (χ1v) is 8.60. The van der Waals surface area contributed by atoms with Crippen LogP contribution in [0.5, 0.6) is 0 Å². The van der Waals surface area contributed by atoms with Crippen LogP contribution in [-0.2, 0) is 11.2 Å². The van der Waals surface area contributed by atoms with Gasteiger partial charge in [0.05, 0.1) is 11.1 Å². The highest BCUT2D eigenvalue weighted by Crippen LogP contribution is 2.17. The molecule has 1 N–H and O–H groups in total. The Balaban J connectivity index is 2.93. The number of carboxylic acids is 1. The molecule has 128 valence electrons. The third-order valence-corrected chi connectivity index (χ3v) is 3.78. The lowest BCUT2D eigenvalue weighted by atomic mass is 10.0. The molecule has 1 rings (SSSR count). The van der Waals surface area contributed by atoms with Crippen molar-refractivity contribution in [2.75, 3.05) is 0 Å². The Hall–Kier alpha value is -1.84. The molecule has 1 aromatic carbocycles. The zero-order valence-electron chi connectivity index (χ0n) is 14.4. The number of carbonyl (C=O) groups excluding carboxylic acids is 1. The first-order valence-electron chi connectivity index (χ1n) is 8.60. The van der Waals surface area contributed by atoms with Crippen molar-refractivity contribution in [1.82, 2.24) is 0 Å². The number of rotatable bonds is 10. The molecule has 0 amide bonds. The maximum absolute atomic E-state index is 12.4. The summed E-state index contributed by atoms with van der Waals surface area (Å²) in [5, 5.41) is 9.21. The fraction of sp³-hybridized carbons (Fsp3) is 0.579. The first-order chi connectivity index (χ1) is 11.0. The van der Waals surface area contributed by atoms with E-state index < -0.39 is 11.9 Å². The molecule has 1 aromatic rings. The summed E-state index contributed by atoms with van der Waals surface area (Å²) in [6, 6.07) is 4.79.